The van der Waals surface area contributed by atoms with E-state index in [1.807, 2.05) is 12.1 Å². The Morgan fingerprint density at radius 3 is 2.00 bits per heavy atom. The summed E-state index contributed by atoms with van der Waals surface area (Å²) in [6.07, 6.45) is 2.22. The first-order valence-corrected chi connectivity index (χ1v) is 5.48. The molecule has 0 heterocycles. The molecule has 2 N–H and O–H groups in total. The summed E-state index contributed by atoms with van der Waals surface area (Å²) >= 11 is 3.37. The highest BCUT2D eigenvalue weighted by Gasteiger charge is 1.89. The molecule has 74 valence electrons. The monoisotopic (exact) mass is 243 g/mol. The van der Waals surface area contributed by atoms with Crippen molar-refractivity contribution < 1.29 is 0 Å². The van der Waals surface area contributed by atoms with Crippen LogP contribution in [0.5, 0.6) is 0 Å². The van der Waals surface area contributed by atoms with Crippen molar-refractivity contribution in [3.05, 3.63) is 34.3 Å². The minimum Gasteiger partial charge on any atom is -0.330 e. The molecule has 0 aliphatic carbocycles. The molecule has 1 aromatic rings. The molecule has 0 unspecified atom stereocenters. The van der Waals surface area contributed by atoms with Crippen LogP contribution < -0.4 is 5.73 Å². The van der Waals surface area contributed by atoms with E-state index in [0.717, 1.165) is 17.4 Å². The van der Waals surface area contributed by atoms with E-state index < -0.39 is 0 Å². The van der Waals surface area contributed by atoms with Crippen molar-refractivity contribution in [1.82, 2.24) is 0 Å². The van der Waals surface area contributed by atoms with Crippen molar-refractivity contribution in [2.45, 2.75) is 26.7 Å². The topological polar surface area (TPSA) is 26.0 Å². The van der Waals surface area contributed by atoms with E-state index in [2.05, 4.69) is 41.9 Å². The lowest BCUT2D eigenvalue weighted by atomic mass is 10.2. The summed E-state index contributed by atoms with van der Waals surface area (Å²) in [5.41, 5.74) is 6.68. The molecule has 1 aromatic carbocycles. The number of hydrogen-bond donors (Lipinski definition) is 1. The Kier molecular flexibility index (Phi) is 8.05. The van der Waals surface area contributed by atoms with Gasteiger partial charge in [0.25, 0.3) is 0 Å². The van der Waals surface area contributed by atoms with Gasteiger partial charge < -0.3 is 5.73 Å². The van der Waals surface area contributed by atoms with E-state index in [0.29, 0.717) is 0 Å². The Morgan fingerprint density at radius 1 is 1.15 bits per heavy atom. The van der Waals surface area contributed by atoms with Gasteiger partial charge in [0, 0.05) is 4.47 Å². The number of halogens is 1. The molecule has 0 saturated heterocycles. The molecular formula is C11H18BrN. The van der Waals surface area contributed by atoms with E-state index >= 15 is 0 Å². The van der Waals surface area contributed by atoms with Gasteiger partial charge in [-0.25, -0.2) is 0 Å². The van der Waals surface area contributed by atoms with Crippen LogP contribution >= 0.6 is 15.9 Å². The van der Waals surface area contributed by atoms with Gasteiger partial charge in [0.15, 0.2) is 0 Å². The highest BCUT2D eigenvalue weighted by Crippen LogP contribution is 2.10. The number of benzene rings is 1. The first-order valence-electron chi connectivity index (χ1n) is 4.69. The molecule has 0 atom stereocenters. The molecular weight excluding hydrogens is 226 g/mol. The van der Waals surface area contributed by atoms with Crippen LogP contribution in [-0.2, 0) is 6.42 Å². The largest absolute Gasteiger partial charge is 0.330 e. The van der Waals surface area contributed by atoms with Gasteiger partial charge in [0.05, 0.1) is 0 Å². The molecule has 0 aliphatic heterocycles. The minimum absolute atomic E-state index is 0.724. The fourth-order valence-corrected chi connectivity index (χ4v) is 1.08. The lowest BCUT2D eigenvalue weighted by Crippen LogP contribution is -2.01. The van der Waals surface area contributed by atoms with Gasteiger partial charge in [-0.3, -0.25) is 0 Å². The highest BCUT2D eigenvalue weighted by molar-refractivity contribution is 9.10. The van der Waals surface area contributed by atoms with Crippen molar-refractivity contribution in [3.63, 3.8) is 0 Å². The van der Waals surface area contributed by atoms with Gasteiger partial charge in [0.2, 0.25) is 0 Å². The molecule has 0 amide bonds. The average molecular weight is 244 g/mol. The molecule has 1 rings (SSSR count). The first-order chi connectivity index (χ1) is 6.24. The molecule has 0 aliphatic rings. The second-order valence-corrected chi connectivity index (χ2v) is 3.79. The Balaban J connectivity index is 0.000000424. The van der Waals surface area contributed by atoms with Crippen LogP contribution in [0.2, 0.25) is 0 Å². The predicted octanol–water partition coefficient (Wildman–Crippen LogP) is 3.37. The smallest absolute Gasteiger partial charge is 0.0175 e. The Morgan fingerprint density at radius 2 is 1.62 bits per heavy atom. The second-order valence-electron chi connectivity index (χ2n) is 2.87. The minimum atomic E-state index is 0.724. The van der Waals surface area contributed by atoms with E-state index in [9.17, 15) is 0 Å². The third kappa shape index (κ3) is 6.79. The SMILES string of the molecule is CCC.NCCc1ccc(Br)cc1. The molecule has 13 heavy (non-hydrogen) atoms. The van der Waals surface area contributed by atoms with Crippen molar-refractivity contribution in [2.75, 3.05) is 6.54 Å². The third-order valence-corrected chi connectivity index (χ3v) is 1.87. The Bertz CT molecular complexity index is 206. The molecule has 0 radical (unpaired) electrons. The first kappa shape index (κ1) is 12.7. The van der Waals surface area contributed by atoms with Crippen LogP contribution in [0.1, 0.15) is 25.8 Å². The fraction of sp³-hybridized carbons (Fsp3) is 0.455. The van der Waals surface area contributed by atoms with Crippen molar-refractivity contribution >= 4 is 15.9 Å². The van der Waals surface area contributed by atoms with Crippen molar-refractivity contribution in [1.29, 1.82) is 0 Å². The average Bonchev–Trinajstić information content (AvgIpc) is 2.11. The van der Waals surface area contributed by atoms with Gasteiger partial charge in [-0.15, -0.1) is 0 Å². The summed E-state index contributed by atoms with van der Waals surface area (Å²) in [7, 11) is 0. The maximum Gasteiger partial charge on any atom is 0.0175 e. The van der Waals surface area contributed by atoms with Crippen LogP contribution in [0, 0.1) is 0 Å². The zero-order valence-electron chi connectivity index (χ0n) is 8.39. The van der Waals surface area contributed by atoms with Crippen LogP contribution in [0.15, 0.2) is 28.7 Å². The van der Waals surface area contributed by atoms with Gasteiger partial charge >= 0.3 is 0 Å². The van der Waals surface area contributed by atoms with Crippen LogP contribution in [0.25, 0.3) is 0 Å². The second kappa shape index (κ2) is 8.27. The van der Waals surface area contributed by atoms with Gasteiger partial charge in [0.1, 0.15) is 0 Å². The maximum atomic E-state index is 5.39. The molecule has 0 spiro atoms. The molecule has 0 bridgehead atoms. The zero-order chi connectivity index (χ0) is 10.1. The highest BCUT2D eigenvalue weighted by atomic mass is 79.9. The molecule has 0 saturated carbocycles. The summed E-state index contributed by atoms with van der Waals surface area (Å²) < 4.78 is 1.12. The Hall–Kier alpha value is -0.340. The van der Waals surface area contributed by atoms with Crippen molar-refractivity contribution in [2.24, 2.45) is 5.73 Å². The molecule has 0 fully saturated rings. The quantitative estimate of drug-likeness (QED) is 0.848. The van der Waals surface area contributed by atoms with Crippen LogP contribution in [0.3, 0.4) is 0 Å². The summed E-state index contributed by atoms with van der Waals surface area (Å²) in [5, 5.41) is 0. The third-order valence-electron chi connectivity index (χ3n) is 1.35. The summed E-state index contributed by atoms with van der Waals surface area (Å²) in [6, 6.07) is 8.23. The Labute approximate surface area is 89.5 Å². The zero-order valence-corrected chi connectivity index (χ0v) is 9.97. The standard InChI is InChI=1S/C8H10BrN.C3H8/c9-8-3-1-7(2-4-8)5-6-10;1-3-2/h1-4H,5-6,10H2;3H2,1-2H3. The van der Waals surface area contributed by atoms with Crippen molar-refractivity contribution in [3.8, 4) is 0 Å². The van der Waals surface area contributed by atoms with Gasteiger partial charge in [-0.2, -0.15) is 0 Å². The summed E-state index contributed by atoms with van der Waals surface area (Å²) in [5.74, 6) is 0. The van der Waals surface area contributed by atoms with E-state index in [4.69, 9.17) is 5.73 Å². The molecule has 0 aromatic heterocycles. The maximum absolute atomic E-state index is 5.39. The lowest BCUT2D eigenvalue weighted by Gasteiger charge is -1.96. The van der Waals surface area contributed by atoms with Gasteiger partial charge in [-0.05, 0) is 30.7 Å². The lowest BCUT2D eigenvalue weighted by molar-refractivity contribution is 0.968. The number of hydrogen-bond acceptors (Lipinski definition) is 1. The molecule has 2 heteroatoms. The predicted molar refractivity (Wildman–Crippen MR) is 62.9 cm³/mol. The number of nitrogens with two attached hydrogens (primary N) is 1. The summed E-state index contributed by atoms with van der Waals surface area (Å²) in [4.78, 5) is 0. The summed E-state index contributed by atoms with van der Waals surface area (Å²) in [6.45, 7) is 4.97. The number of rotatable bonds is 2. The van der Waals surface area contributed by atoms with E-state index in [1.165, 1.54) is 12.0 Å². The van der Waals surface area contributed by atoms with Crippen LogP contribution in [-0.4, -0.2) is 6.54 Å². The fourth-order valence-electron chi connectivity index (χ4n) is 0.818. The van der Waals surface area contributed by atoms with Crippen LogP contribution in [0.4, 0.5) is 0 Å². The van der Waals surface area contributed by atoms with Gasteiger partial charge in [-0.1, -0.05) is 48.3 Å². The van der Waals surface area contributed by atoms with E-state index in [1.54, 1.807) is 0 Å². The normalized spacial score (nSPS) is 8.92. The van der Waals surface area contributed by atoms with E-state index in [-0.39, 0.29) is 0 Å². The molecule has 1 nitrogen and oxygen atoms in total.